The molecule has 0 amide bonds. The molecule has 1 saturated heterocycles. The summed E-state index contributed by atoms with van der Waals surface area (Å²) in [5.41, 5.74) is 1.59. The quantitative estimate of drug-likeness (QED) is 0.805. The highest BCUT2D eigenvalue weighted by Gasteiger charge is 2.25. The van der Waals surface area contributed by atoms with Crippen molar-refractivity contribution in [1.29, 1.82) is 0 Å². The lowest BCUT2D eigenvalue weighted by Gasteiger charge is -2.24. The van der Waals surface area contributed by atoms with Crippen LogP contribution >= 0.6 is 0 Å². The van der Waals surface area contributed by atoms with Gasteiger partial charge in [-0.2, -0.15) is 0 Å². The van der Waals surface area contributed by atoms with E-state index in [0.717, 1.165) is 31.5 Å². The minimum atomic E-state index is -3.38. The fourth-order valence-electron chi connectivity index (χ4n) is 3.34. The van der Waals surface area contributed by atoms with Crippen LogP contribution in [0.15, 0.2) is 29.3 Å². The summed E-state index contributed by atoms with van der Waals surface area (Å²) in [7, 11) is -0.199. The first-order valence-electron chi connectivity index (χ1n) is 8.90. The average Bonchev–Trinajstić information content (AvgIpc) is 2.67. The van der Waals surface area contributed by atoms with Gasteiger partial charge >= 0.3 is 0 Å². The number of ether oxygens (including phenoxy) is 2. The molecule has 1 unspecified atom stereocenters. The standard InChI is InChI=1S/C19H25N3O4S/c1-25-15-7-6-13(9-16(15)26-2)10-18-21-12-17(27(3,23)24)19(22-18)14-5-4-8-20-11-14/h6-7,9,12,14,20H,4-5,8,10-11H2,1-3H3. The summed E-state index contributed by atoms with van der Waals surface area (Å²) >= 11 is 0. The normalized spacial score (nSPS) is 17.5. The van der Waals surface area contributed by atoms with Crippen LogP contribution in [0.1, 0.15) is 35.8 Å². The molecule has 7 nitrogen and oxygen atoms in total. The molecule has 146 valence electrons. The van der Waals surface area contributed by atoms with Crippen LogP contribution in [0, 0.1) is 0 Å². The molecule has 1 aromatic heterocycles. The van der Waals surface area contributed by atoms with E-state index >= 15 is 0 Å². The maximum Gasteiger partial charge on any atom is 0.178 e. The summed E-state index contributed by atoms with van der Waals surface area (Å²) in [5.74, 6) is 1.97. The van der Waals surface area contributed by atoms with Gasteiger partial charge in [-0.25, -0.2) is 18.4 Å². The third kappa shape index (κ3) is 4.56. The van der Waals surface area contributed by atoms with Crippen LogP contribution in [0.3, 0.4) is 0 Å². The van der Waals surface area contributed by atoms with E-state index in [4.69, 9.17) is 9.47 Å². The van der Waals surface area contributed by atoms with Crippen molar-refractivity contribution in [2.24, 2.45) is 0 Å². The topological polar surface area (TPSA) is 90.4 Å². The van der Waals surface area contributed by atoms with Crippen LogP contribution < -0.4 is 14.8 Å². The molecule has 0 saturated carbocycles. The third-order valence-electron chi connectivity index (χ3n) is 4.73. The van der Waals surface area contributed by atoms with Crippen molar-refractivity contribution in [2.45, 2.75) is 30.1 Å². The predicted octanol–water partition coefficient (Wildman–Crippen LogP) is 1.96. The Morgan fingerprint density at radius 3 is 2.63 bits per heavy atom. The molecule has 0 radical (unpaired) electrons. The molecule has 1 aliphatic rings. The zero-order valence-electron chi connectivity index (χ0n) is 15.9. The number of nitrogens with zero attached hydrogens (tertiary/aromatic N) is 2. The monoisotopic (exact) mass is 391 g/mol. The van der Waals surface area contributed by atoms with E-state index in [0.29, 0.717) is 29.4 Å². The molecular formula is C19H25N3O4S. The lowest BCUT2D eigenvalue weighted by Crippen LogP contribution is -2.30. The van der Waals surface area contributed by atoms with Crippen LogP contribution in [0.25, 0.3) is 0 Å². The minimum absolute atomic E-state index is 0.0793. The van der Waals surface area contributed by atoms with Gasteiger partial charge in [-0.1, -0.05) is 6.07 Å². The Balaban J connectivity index is 1.94. The van der Waals surface area contributed by atoms with Crippen molar-refractivity contribution < 1.29 is 17.9 Å². The van der Waals surface area contributed by atoms with E-state index in [2.05, 4.69) is 15.3 Å². The van der Waals surface area contributed by atoms with Gasteiger partial charge in [0.25, 0.3) is 0 Å². The predicted molar refractivity (Wildman–Crippen MR) is 102 cm³/mol. The van der Waals surface area contributed by atoms with Crippen molar-refractivity contribution in [3.63, 3.8) is 0 Å². The SMILES string of the molecule is COc1ccc(Cc2ncc(S(C)(=O)=O)c(C3CCCNC3)n2)cc1OC. The zero-order chi connectivity index (χ0) is 19.4. The zero-order valence-corrected chi connectivity index (χ0v) is 16.7. The van der Waals surface area contributed by atoms with Gasteiger partial charge < -0.3 is 14.8 Å². The van der Waals surface area contributed by atoms with Crippen LogP contribution in [-0.2, 0) is 16.3 Å². The van der Waals surface area contributed by atoms with Gasteiger partial charge in [0, 0.05) is 31.3 Å². The summed E-state index contributed by atoms with van der Waals surface area (Å²) in [6.07, 6.45) is 5.06. The first-order chi connectivity index (χ1) is 12.9. The van der Waals surface area contributed by atoms with E-state index < -0.39 is 9.84 Å². The number of hydrogen-bond acceptors (Lipinski definition) is 7. The van der Waals surface area contributed by atoms with Gasteiger partial charge in [-0.15, -0.1) is 0 Å². The van der Waals surface area contributed by atoms with Crippen molar-refractivity contribution in [3.05, 3.63) is 41.5 Å². The highest BCUT2D eigenvalue weighted by molar-refractivity contribution is 7.90. The lowest BCUT2D eigenvalue weighted by molar-refractivity contribution is 0.354. The van der Waals surface area contributed by atoms with Gasteiger partial charge in [0.1, 0.15) is 10.7 Å². The van der Waals surface area contributed by atoms with Gasteiger partial charge in [-0.05, 0) is 37.1 Å². The number of piperidine rings is 1. The number of benzene rings is 1. The Kier molecular flexibility index (Phi) is 5.96. The van der Waals surface area contributed by atoms with Crippen LogP contribution in [0.2, 0.25) is 0 Å². The van der Waals surface area contributed by atoms with Crippen molar-refractivity contribution in [3.8, 4) is 11.5 Å². The largest absolute Gasteiger partial charge is 0.493 e. The van der Waals surface area contributed by atoms with Gasteiger partial charge in [0.2, 0.25) is 0 Å². The number of nitrogens with one attached hydrogen (secondary N) is 1. The molecule has 1 atom stereocenters. The Hall–Kier alpha value is -2.19. The maximum absolute atomic E-state index is 12.2. The van der Waals surface area contributed by atoms with Crippen molar-refractivity contribution in [1.82, 2.24) is 15.3 Å². The summed E-state index contributed by atoms with van der Waals surface area (Å²) in [6.45, 7) is 1.68. The Labute approximate surface area is 160 Å². The minimum Gasteiger partial charge on any atom is -0.493 e. The summed E-state index contributed by atoms with van der Waals surface area (Å²) in [6, 6.07) is 5.65. The molecule has 0 aliphatic carbocycles. The highest BCUT2D eigenvalue weighted by atomic mass is 32.2. The first-order valence-corrected chi connectivity index (χ1v) is 10.8. The average molecular weight is 391 g/mol. The van der Waals surface area contributed by atoms with E-state index in [1.807, 2.05) is 18.2 Å². The molecule has 1 N–H and O–H groups in total. The Bertz CT molecular complexity index is 909. The van der Waals surface area contributed by atoms with E-state index in [-0.39, 0.29) is 10.8 Å². The molecule has 1 fully saturated rings. The molecule has 2 aromatic rings. The van der Waals surface area contributed by atoms with Crippen molar-refractivity contribution >= 4 is 9.84 Å². The fraction of sp³-hybridized carbons (Fsp3) is 0.474. The molecule has 8 heteroatoms. The molecule has 1 aromatic carbocycles. The fourth-order valence-corrected chi connectivity index (χ4v) is 4.18. The molecule has 2 heterocycles. The van der Waals surface area contributed by atoms with E-state index in [9.17, 15) is 8.42 Å². The molecule has 0 bridgehead atoms. The second kappa shape index (κ2) is 8.22. The number of sulfone groups is 1. The van der Waals surface area contributed by atoms with Crippen LogP contribution in [0.5, 0.6) is 11.5 Å². The van der Waals surface area contributed by atoms with Gasteiger partial charge in [0.15, 0.2) is 21.3 Å². The summed E-state index contributed by atoms with van der Waals surface area (Å²) in [5, 5.41) is 3.32. The second-order valence-corrected chi connectivity index (χ2v) is 8.70. The third-order valence-corrected chi connectivity index (χ3v) is 5.84. The lowest BCUT2D eigenvalue weighted by atomic mass is 9.96. The van der Waals surface area contributed by atoms with Gasteiger partial charge in [0.05, 0.1) is 19.9 Å². The molecule has 3 rings (SSSR count). The summed E-state index contributed by atoms with van der Waals surface area (Å²) in [4.78, 5) is 9.19. The van der Waals surface area contributed by atoms with Crippen LogP contribution in [0.4, 0.5) is 0 Å². The van der Waals surface area contributed by atoms with Crippen LogP contribution in [-0.4, -0.2) is 52.0 Å². The number of hydrogen-bond donors (Lipinski definition) is 1. The molecule has 1 aliphatic heterocycles. The summed E-state index contributed by atoms with van der Waals surface area (Å²) < 4.78 is 35.0. The van der Waals surface area contributed by atoms with Crippen molar-refractivity contribution in [2.75, 3.05) is 33.6 Å². The van der Waals surface area contributed by atoms with Gasteiger partial charge in [-0.3, -0.25) is 0 Å². The van der Waals surface area contributed by atoms with E-state index in [1.165, 1.54) is 12.5 Å². The smallest absolute Gasteiger partial charge is 0.178 e. The second-order valence-electron chi connectivity index (χ2n) is 6.72. The Morgan fingerprint density at radius 2 is 2.00 bits per heavy atom. The number of rotatable bonds is 6. The molecule has 27 heavy (non-hydrogen) atoms. The molecule has 0 spiro atoms. The number of methoxy groups -OCH3 is 2. The highest BCUT2D eigenvalue weighted by Crippen LogP contribution is 2.30. The Morgan fingerprint density at radius 1 is 1.22 bits per heavy atom. The first kappa shape index (κ1) is 19.6. The maximum atomic E-state index is 12.2. The molecular weight excluding hydrogens is 366 g/mol. The van der Waals surface area contributed by atoms with E-state index in [1.54, 1.807) is 14.2 Å². The number of aromatic nitrogens is 2.